The molecule has 0 radical (unpaired) electrons. The predicted octanol–water partition coefficient (Wildman–Crippen LogP) is 0.868. The lowest BCUT2D eigenvalue weighted by molar-refractivity contribution is -0.00000276. The predicted molar refractivity (Wildman–Crippen MR) is 58.3 cm³/mol. The molecule has 0 rings (SSSR count). The van der Waals surface area contributed by atoms with E-state index in [1.54, 1.807) is 0 Å². The Balaban J connectivity index is 0. The van der Waals surface area contributed by atoms with Gasteiger partial charge in [0.15, 0.2) is 0 Å². The first-order chi connectivity index (χ1) is 5.18. The molecule has 0 fully saturated rings. The number of hydrogen-bond donors (Lipinski definition) is 0. The van der Waals surface area contributed by atoms with Crippen LogP contribution in [0, 0.1) is 0 Å². The van der Waals surface area contributed by atoms with Crippen LogP contribution in [0.15, 0.2) is 0 Å². The van der Waals surface area contributed by atoms with Crippen molar-refractivity contribution in [2.75, 3.05) is 25.2 Å². The molecule has 2 heteroatoms. The van der Waals surface area contributed by atoms with E-state index >= 15 is 0 Å². The molecular weight excluding hydrogens is 170 g/mol. The molecule has 0 unspecified atom stereocenters. The van der Waals surface area contributed by atoms with Crippen LogP contribution in [0.5, 0.6) is 0 Å². The summed E-state index contributed by atoms with van der Waals surface area (Å²) in [6.07, 6.45) is 8.75. The van der Waals surface area contributed by atoms with E-state index in [-0.39, 0.29) is 4.70 Å². The van der Waals surface area contributed by atoms with Crippen LogP contribution < -0.4 is 4.70 Å². The Morgan fingerprint density at radius 1 is 0.750 bits per heavy atom. The zero-order valence-electron chi connectivity index (χ0n) is 9.07. The molecule has 0 aliphatic carbocycles. The molecule has 12 heavy (non-hydrogen) atoms. The van der Waals surface area contributed by atoms with Gasteiger partial charge < -0.3 is 4.70 Å². The quantitative estimate of drug-likeness (QED) is 0.550. The van der Waals surface area contributed by atoms with Crippen LogP contribution in [0.1, 0.15) is 40.0 Å². The summed E-state index contributed by atoms with van der Waals surface area (Å²) < 4.78 is 0. The van der Waals surface area contributed by atoms with Crippen molar-refractivity contribution in [3.8, 4) is 0 Å². The van der Waals surface area contributed by atoms with Crippen LogP contribution in [-0.2, 0) is 0 Å². The third-order valence-electron chi connectivity index (χ3n) is 2.29. The van der Waals surface area contributed by atoms with Gasteiger partial charge >= 0.3 is 0 Å². The summed E-state index contributed by atoms with van der Waals surface area (Å²) in [5.41, 5.74) is 0. The summed E-state index contributed by atoms with van der Waals surface area (Å²) in [7, 11) is -0.469. The Morgan fingerprint density at radius 2 is 1.00 bits per heavy atom. The minimum Gasteiger partial charge on any atom is -1.00 e. The van der Waals surface area contributed by atoms with Gasteiger partial charge in [0, 0.05) is 13.9 Å². The van der Waals surface area contributed by atoms with Gasteiger partial charge in [0.1, 0.15) is 0 Å². The zero-order chi connectivity index (χ0) is 8.74. The highest BCUT2D eigenvalue weighted by atomic mass is 31.2. The molecule has 0 bridgehead atoms. The van der Waals surface area contributed by atoms with Crippen LogP contribution in [0.4, 0.5) is 0 Å². The Hall–Kier alpha value is 0.360. The Labute approximate surface area is 77.8 Å². The molecule has 0 heterocycles. The number of halogens is 1. The van der Waals surface area contributed by atoms with Gasteiger partial charge in [0.05, 0.1) is 18.5 Å². The molecule has 0 saturated heterocycles. The maximum Gasteiger partial charge on any atom is 0.0589 e. The van der Waals surface area contributed by atoms with Crippen LogP contribution in [0.25, 0.3) is 0 Å². The van der Waals surface area contributed by atoms with E-state index in [2.05, 4.69) is 27.4 Å². The van der Waals surface area contributed by atoms with Crippen molar-refractivity contribution in [1.82, 2.24) is 0 Å². The van der Waals surface area contributed by atoms with Gasteiger partial charge in [-0.2, -0.15) is 0 Å². The van der Waals surface area contributed by atoms with Crippen LogP contribution in [0.2, 0.25) is 0 Å². The molecule has 0 aliphatic rings. The molecule has 0 amide bonds. The van der Waals surface area contributed by atoms with Crippen molar-refractivity contribution >= 4 is 7.26 Å². The van der Waals surface area contributed by atoms with E-state index in [9.17, 15) is 0 Å². The lowest BCUT2D eigenvalue weighted by Gasteiger charge is -2.21. The fraction of sp³-hybridized carbons (Fsp3) is 1.00. The summed E-state index contributed by atoms with van der Waals surface area (Å²) in [5, 5.41) is 0. The first-order valence-corrected chi connectivity index (χ1v) is 7.81. The van der Waals surface area contributed by atoms with Crippen molar-refractivity contribution in [2.45, 2.75) is 40.0 Å². The van der Waals surface area contributed by atoms with Crippen molar-refractivity contribution in [3.05, 3.63) is 0 Å². The maximum absolute atomic E-state index is 2.56. The fourth-order valence-electron chi connectivity index (χ4n) is 1.95. The highest BCUT2D eigenvalue weighted by Gasteiger charge is 2.27. The van der Waals surface area contributed by atoms with E-state index in [0.29, 0.717) is 0 Å². The molecule has 0 atom stereocenters. The highest BCUT2D eigenvalue weighted by molar-refractivity contribution is 7.75. The second kappa shape index (κ2) is 7.98. The monoisotopic (exact) mass is 194 g/mol. The number of rotatable bonds is 6. The normalized spacial score (nSPS) is 11.0. The Kier molecular flexibility index (Phi) is 9.88. The average molecular weight is 194 g/mol. The first-order valence-electron chi connectivity index (χ1n) is 5.02. The summed E-state index contributed by atoms with van der Waals surface area (Å²) in [5.74, 6) is 0. The Morgan fingerprint density at radius 3 is 1.17 bits per heavy atom. The second-order valence-electron chi connectivity index (χ2n) is 3.79. The summed E-state index contributed by atoms with van der Waals surface area (Å²) in [4.78, 5) is 0. The van der Waals surface area contributed by atoms with Gasteiger partial charge in [-0.05, 0) is 19.3 Å². The van der Waals surface area contributed by atoms with Gasteiger partial charge in [-0.25, -0.2) is 0 Å². The first kappa shape index (κ1) is 14.9. The van der Waals surface area contributed by atoms with E-state index < -0.39 is 7.26 Å². The summed E-state index contributed by atoms with van der Waals surface area (Å²) >= 11 is 0. The van der Waals surface area contributed by atoms with Gasteiger partial charge in [0.25, 0.3) is 0 Å². The summed E-state index contributed by atoms with van der Waals surface area (Å²) in [6, 6.07) is 0. The van der Waals surface area contributed by atoms with Crippen LogP contribution >= 0.6 is 7.26 Å². The van der Waals surface area contributed by atoms with Crippen molar-refractivity contribution in [2.24, 2.45) is 0 Å². The average Bonchev–Trinajstić information content (AvgIpc) is 1.88. The molecule has 0 saturated carbocycles. The van der Waals surface area contributed by atoms with Crippen molar-refractivity contribution in [3.63, 3.8) is 0 Å². The van der Waals surface area contributed by atoms with Crippen LogP contribution in [-0.4, -0.2) is 25.2 Å². The van der Waals surface area contributed by atoms with Crippen LogP contribution in [0.3, 0.4) is 0 Å². The molecule has 0 aliphatic heterocycles. The molecular formula is C10H24FP. The van der Waals surface area contributed by atoms with E-state index in [1.165, 1.54) is 37.7 Å². The topological polar surface area (TPSA) is 0 Å². The van der Waals surface area contributed by atoms with E-state index in [1.807, 2.05) is 0 Å². The maximum atomic E-state index is 2.56. The zero-order valence-corrected chi connectivity index (χ0v) is 9.96. The minimum atomic E-state index is -0.469. The molecule has 0 spiro atoms. The SMILES string of the molecule is CCC[P+](C)(CCC)CCC.[F-]. The molecule has 0 aromatic heterocycles. The van der Waals surface area contributed by atoms with E-state index in [4.69, 9.17) is 0 Å². The lowest BCUT2D eigenvalue weighted by atomic mass is 10.6. The molecule has 76 valence electrons. The van der Waals surface area contributed by atoms with Crippen molar-refractivity contribution in [1.29, 1.82) is 0 Å². The molecule has 0 N–H and O–H groups in total. The standard InChI is InChI=1S/C10H24P.FH/c1-5-8-11(4,9-6-2)10-7-3;/h5-10H2,1-4H3;1H/q+1;/p-1. The van der Waals surface area contributed by atoms with E-state index in [0.717, 1.165) is 0 Å². The van der Waals surface area contributed by atoms with Gasteiger partial charge in [-0.15, -0.1) is 0 Å². The lowest BCUT2D eigenvalue weighted by Crippen LogP contribution is -3.00. The fourth-order valence-corrected chi connectivity index (χ4v) is 5.86. The number of hydrogen-bond acceptors (Lipinski definition) is 0. The Bertz CT molecular complexity index is 76.8. The largest absolute Gasteiger partial charge is 1.00 e. The minimum absolute atomic E-state index is 0. The van der Waals surface area contributed by atoms with Gasteiger partial charge in [-0.3, -0.25) is 0 Å². The summed E-state index contributed by atoms with van der Waals surface area (Å²) in [6.45, 7) is 9.53. The molecule has 0 aromatic carbocycles. The van der Waals surface area contributed by atoms with Gasteiger partial charge in [-0.1, -0.05) is 20.8 Å². The third-order valence-corrected chi connectivity index (χ3v) is 6.87. The van der Waals surface area contributed by atoms with Gasteiger partial charge in [0.2, 0.25) is 0 Å². The smallest absolute Gasteiger partial charge is 0.0589 e. The molecule has 0 nitrogen and oxygen atoms in total. The second-order valence-corrected chi connectivity index (χ2v) is 8.37. The molecule has 0 aromatic rings. The van der Waals surface area contributed by atoms with Crippen molar-refractivity contribution < 1.29 is 4.70 Å². The third kappa shape index (κ3) is 5.94. The highest BCUT2D eigenvalue weighted by Crippen LogP contribution is 2.56.